The number of ether oxygens (including phenoxy) is 1. The van der Waals surface area contributed by atoms with Gasteiger partial charge in [-0.25, -0.2) is 8.42 Å². The van der Waals surface area contributed by atoms with Crippen LogP contribution in [0, 0.1) is 0 Å². The molecule has 224 valence electrons. The number of nitrogens with zero attached hydrogens (tertiary/aromatic N) is 2. The Morgan fingerprint density at radius 2 is 1.60 bits per heavy atom. The van der Waals surface area contributed by atoms with Crippen LogP contribution in [0.4, 0.5) is 5.69 Å². The fourth-order valence-electron chi connectivity index (χ4n) is 4.46. The molecular weight excluding hydrogens is 554 g/mol. The summed E-state index contributed by atoms with van der Waals surface area (Å²) >= 11 is 0. The van der Waals surface area contributed by atoms with E-state index in [2.05, 4.69) is 5.32 Å². The number of amides is 2. The molecule has 42 heavy (non-hydrogen) atoms. The molecule has 0 unspecified atom stereocenters. The van der Waals surface area contributed by atoms with Crippen molar-refractivity contribution in [3.8, 4) is 5.75 Å². The molecule has 0 aliphatic carbocycles. The molecule has 0 heterocycles. The second-order valence-corrected chi connectivity index (χ2v) is 12.2. The molecule has 0 radical (unpaired) electrons. The molecular formula is C32H39N3O6S. The highest BCUT2D eigenvalue weighted by Crippen LogP contribution is 2.23. The van der Waals surface area contributed by atoms with Crippen molar-refractivity contribution in [1.29, 1.82) is 0 Å². The Morgan fingerprint density at radius 1 is 0.929 bits per heavy atom. The van der Waals surface area contributed by atoms with Crippen molar-refractivity contribution < 1.29 is 27.5 Å². The van der Waals surface area contributed by atoms with Crippen LogP contribution in [-0.4, -0.2) is 62.9 Å². The summed E-state index contributed by atoms with van der Waals surface area (Å²) in [7, 11) is -2.41. The number of nitrogens with one attached hydrogen (secondary N) is 1. The van der Waals surface area contributed by atoms with Crippen LogP contribution in [0.15, 0.2) is 78.9 Å². The minimum atomic E-state index is -3.95. The molecule has 9 nitrogen and oxygen atoms in total. The highest BCUT2D eigenvalue weighted by atomic mass is 32.2. The van der Waals surface area contributed by atoms with E-state index in [1.54, 1.807) is 37.4 Å². The van der Waals surface area contributed by atoms with E-state index in [-0.39, 0.29) is 36.4 Å². The minimum Gasteiger partial charge on any atom is -0.497 e. The third-order valence-corrected chi connectivity index (χ3v) is 8.12. The number of benzene rings is 3. The maximum absolute atomic E-state index is 14.2. The zero-order valence-electron chi connectivity index (χ0n) is 24.7. The van der Waals surface area contributed by atoms with Crippen LogP contribution in [-0.2, 0) is 32.6 Å². The molecule has 1 N–H and O–H groups in total. The van der Waals surface area contributed by atoms with E-state index in [0.717, 1.165) is 16.1 Å². The summed E-state index contributed by atoms with van der Waals surface area (Å²) in [6.45, 7) is 4.70. The largest absolute Gasteiger partial charge is 0.497 e. The standard InChI is InChI=1S/C32H39N3O6S/c1-6-23(2)33-32(38)30(19-25-12-8-7-9-13-25)34(21-26-14-10-17-29(18-26)41-4)31(37)22-35(42(5,39)40)28-16-11-15-27(20-28)24(3)36/h7-18,20,23,30H,6,19,21-22H2,1-5H3,(H,33,38)/t23-,30-/m1/s1. The number of hydrogen-bond acceptors (Lipinski definition) is 6. The lowest BCUT2D eigenvalue weighted by Gasteiger charge is -2.34. The lowest BCUT2D eigenvalue weighted by molar-refractivity contribution is -0.140. The van der Waals surface area contributed by atoms with Crippen LogP contribution in [0.3, 0.4) is 0 Å². The Bertz CT molecular complexity index is 1490. The Morgan fingerprint density at radius 3 is 2.21 bits per heavy atom. The van der Waals surface area contributed by atoms with E-state index < -0.39 is 28.5 Å². The van der Waals surface area contributed by atoms with Gasteiger partial charge in [-0.15, -0.1) is 0 Å². The van der Waals surface area contributed by atoms with Crippen LogP contribution in [0.2, 0.25) is 0 Å². The molecule has 3 aromatic rings. The molecule has 0 aromatic heterocycles. The molecule has 2 atom stereocenters. The van der Waals surface area contributed by atoms with Gasteiger partial charge in [-0.3, -0.25) is 18.7 Å². The van der Waals surface area contributed by atoms with Crippen LogP contribution < -0.4 is 14.4 Å². The molecule has 0 aliphatic heterocycles. The Hall–Kier alpha value is -4.18. The topological polar surface area (TPSA) is 113 Å². The number of carbonyl (C=O) groups excluding carboxylic acids is 3. The number of hydrogen-bond donors (Lipinski definition) is 1. The van der Waals surface area contributed by atoms with E-state index in [0.29, 0.717) is 23.3 Å². The average molecular weight is 594 g/mol. The molecule has 0 saturated carbocycles. The number of Topliss-reactive ketones (excluding diaryl/α,β-unsaturated/α-hetero) is 1. The second kappa shape index (κ2) is 14.6. The van der Waals surface area contributed by atoms with Gasteiger partial charge in [0.25, 0.3) is 0 Å². The predicted molar refractivity (Wildman–Crippen MR) is 164 cm³/mol. The molecule has 0 fully saturated rings. The first-order valence-electron chi connectivity index (χ1n) is 13.8. The maximum atomic E-state index is 14.2. The molecule has 0 spiro atoms. The number of anilines is 1. The van der Waals surface area contributed by atoms with Crippen molar-refractivity contribution in [2.45, 2.75) is 52.2 Å². The summed E-state index contributed by atoms with van der Waals surface area (Å²) in [5.74, 6) is -0.561. The first-order valence-corrected chi connectivity index (χ1v) is 15.6. The second-order valence-electron chi connectivity index (χ2n) is 10.3. The van der Waals surface area contributed by atoms with Gasteiger partial charge in [-0.1, -0.05) is 61.5 Å². The number of sulfonamides is 1. The van der Waals surface area contributed by atoms with Crippen LogP contribution in [0.5, 0.6) is 5.75 Å². The van der Waals surface area contributed by atoms with Gasteiger partial charge in [0.15, 0.2) is 5.78 Å². The van der Waals surface area contributed by atoms with Gasteiger partial charge < -0.3 is 15.0 Å². The number of carbonyl (C=O) groups is 3. The predicted octanol–water partition coefficient (Wildman–Crippen LogP) is 4.22. The van der Waals surface area contributed by atoms with Gasteiger partial charge in [0.2, 0.25) is 21.8 Å². The summed E-state index contributed by atoms with van der Waals surface area (Å²) in [6.07, 6.45) is 1.92. The lowest BCUT2D eigenvalue weighted by atomic mass is 10.0. The molecule has 0 aliphatic rings. The maximum Gasteiger partial charge on any atom is 0.244 e. The van der Waals surface area contributed by atoms with Crippen LogP contribution in [0.1, 0.15) is 48.7 Å². The zero-order chi connectivity index (χ0) is 30.9. The smallest absolute Gasteiger partial charge is 0.244 e. The summed E-state index contributed by atoms with van der Waals surface area (Å²) in [5.41, 5.74) is 2.06. The van der Waals surface area contributed by atoms with Gasteiger partial charge in [0.1, 0.15) is 18.3 Å². The van der Waals surface area contributed by atoms with Crippen molar-refractivity contribution in [2.24, 2.45) is 0 Å². The van der Waals surface area contributed by atoms with Crippen LogP contribution in [0.25, 0.3) is 0 Å². The molecule has 2 amide bonds. The summed E-state index contributed by atoms with van der Waals surface area (Å²) < 4.78 is 32.3. The van der Waals surface area contributed by atoms with Gasteiger partial charge in [-0.2, -0.15) is 0 Å². The Labute approximate surface area is 248 Å². The van der Waals surface area contributed by atoms with Gasteiger partial charge in [0.05, 0.1) is 19.1 Å². The van der Waals surface area contributed by atoms with Crippen molar-refractivity contribution in [2.75, 3.05) is 24.2 Å². The quantitative estimate of drug-likeness (QED) is 0.280. The third kappa shape index (κ3) is 8.91. The van der Waals surface area contributed by atoms with Crippen molar-refractivity contribution in [1.82, 2.24) is 10.2 Å². The van der Waals surface area contributed by atoms with Crippen molar-refractivity contribution >= 4 is 33.3 Å². The molecule has 3 aromatic carbocycles. The molecule has 0 saturated heterocycles. The first kappa shape index (κ1) is 32.3. The monoisotopic (exact) mass is 593 g/mol. The number of methoxy groups -OCH3 is 1. The van der Waals surface area contributed by atoms with Crippen molar-refractivity contribution in [3.63, 3.8) is 0 Å². The highest BCUT2D eigenvalue weighted by Gasteiger charge is 2.33. The van der Waals surface area contributed by atoms with Crippen molar-refractivity contribution in [3.05, 3.63) is 95.6 Å². The highest BCUT2D eigenvalue weighted by molar-refractivity contribution is 7.92. The Balaban J connectivity index is 2.09. The fourth-order valence-corrected chi connectivity index (χ4v) is 5.30. The normalized spacial score (nSPS) is 12.6. The van der Waals surface area contributed by atoms with E-state index >= 15 is 0 Å². The first-order chi connectivity index (χ1) is 19.9. The van der Waals surface area contributed by atoms with Crippen LogP contribution >= 0.6 is 0 Å². The SMILES string of the molecule is CC[C@@H](C)NC(=O)[C@@H](Cc1ccccc1)N(Cc1cccc(OC)c1)C(=O)CN(c1cccc(C(C)=O)c1)S(C)(=O)=O. The lowest BCUT2D eigenvalue weighted by Crippen LogP contribution is -2.54. The summed E-state index contributed by atoms with van der Waals surface area (Å²) in [5, 5.41) is 3.00. The van der Waals surface area contributed by atoms with E-state index in [4.69, 9.17) is 4.74 Å². The fraction of sp³-hybridized carbons (Fsp3) is 0.344. The van der Waals surface area contributed by atoms with E-state index in [9.17, 15) is 22.8 Å². The Kier molecular flexibility index (Phi) is 11.3. The zero-order valence-corrected chi connectivity index (χ0v) is 25.6. The average Bonchev–Trinajstić information content (AvgIpc) is 2.97. The minimum absolute atomic E-state index is 0.0343. The van der Waals surface area contributed by atoms with Gasteiger partial charge in [0, 0.05) is 24.6 Å². The summed E-state index contributed by atoms with van der Waals surface area (Å²) in [6, 6.07) is 21.6. The number of rotatable bonds is 14. The molecule has 3 rings (SSSR count). The summed E-state index contributed by atoms with van der Waals surface area (Å²) in [4.78, 5) is 41.4. The van der Waals surface area contributed by atoms with E-state index in [1.165, 1.54) is 24.0 Å². The van der Waals surface area contributed by atoms with Gasteiger partial charge in [-0.05, 0) is 55.7 Å². The number of ketones is 1. The molecule has 0 bridgehead atoms. The van der Waals surface area contributed by atoms with E-state index in [1.807, 2.05) is 50.2 Å². The molecule has 10 heteroatoms. The van der Waals surface area contributed by atoms with Gasteiger partial charge >= 0.3 is 0 Å². The third-order valence-electron chi connectivity index (χ3n) is 6.98.